The maximum atomic E-state index is 10.1. The van der Waals surface area contributed by atoms with E-state index in [-0.39, 0.29) is 50.5 Å². The van der Waals surface area contributed by atoms with Crippen molar-refractivity contribution < 1.29 is 35.0 Å². The standard InChI is InChI=1S/C15H28O7/c16-7-10-1-3-14(21-10)12(19)5-9(18)6-13(20)15-4-2-11(8-17)22-15/h9-20H,1-8H2. The molecule has 0 amide bonds. The maximum Gasteiger partial charge on any atom is 0.0840 e. The zero-order chi connectivity index (χ0) is 16.1. The van der Waals surface area contributed by atoms with Crippen molar-refractivity contribution in [3.8, 4) is 0 Å². The fraction of sp³-hybridized carbons (Fsp3) is 1.00. The van der Waals surface area contributed by atoms with Crippen LogP contribution in [0.25, 0.3) is 0 Å². The summed E-state index contributed by atoms with van der Waals surface area (Å²) in [4.78, 5) is 0. The molecule has 0 aromatic rings. The quantitative estimate of drug-likeness (QED) is 0.386. The molecule has 0 bridgehead atoms. The van der Waals surface area contributed by atoms with Crippen molar-refractivity contribution in [3.05, 3.63) is 0 Å². The van der Waals surface area contributed by atoms with Crippen LogP contribution in [0, 0.1) is 0 Å². The lowest BCUT2D eigenvalue weighted by atomic mass is 9.97. The molecule has 2 aliphatic heterocycles. The van der Waals surface area contributed by atoms with Crippen LogP contribution in [0.15, 0.2) is 0 Å². The van der Waals surface area contributed by atoms with Gasteiger partial charge in [0, 0.05) is 12.8 Å². The molecule has 0 saturated carbocycles. The van der Waals surface area contributed by atoms with Crippen molar-refractivity contribution in [3.63, 3.8) is 0 Å². The van der Waals surface area contributed by atoms with Gasteiger partial charge in [0.15, 0.2) is 0 Å². The van der Waals surface area contributed by atoms with Gasteiger partial charge in [0.1, 0.15) is 0 Å². The van der Waals surface area contributed by atoms with Gasteiger partial charge in [0.25, 0.3) is 0 Å². The first-order chi connectivity index (χ1) is 10.5. The van der Waals surface area contributed by atoms with Crippen molar-refractivity contribution in [1.29, 1.82) is 0 Å². The minimum Gasteiger partial charge on any atom is -0.394 e. The van der Waals surface area contributed by atoms with E-state index in [2.05, 4.69) is 0 Å². The van der Waals surface area contributed by atoms with Crippen LogP contribution < -0.4 is 0 Å². The molecule has 22 heavy (non-hydrogen) atoms. The Morgan fingerprint density at radius 1 is 0.727 bits per heavy atom. The van der Waals surface area contributed by atoms with Crippen molar-refractivity contribution in [2.75, 3.05) is 13.2 Å². The van der Waals surface area contributed by atoms with E-state index in [1.807, 2.05) is 0 Å². The molecule has 0 spiro atoms. The van der Waals surface area contributed by atoms with Crippen LogP contribution in [0.1, 0.15) is 38.5 Å². The van der Waals surface area contributed by atoms with Gasteiger partial charge in [0.05, 0.1) is 55.9 Å². The average molecular weight is 320 g/mol. The molecule has 0 aliphatic carbocycles. The Labute approximate surface area is 130 Å². The summed E-state index contributed by atoms with van der Waals surface area (Å²) in [6.45, 7) is -0.120. The van der Waals surface area contributed by atoms with Gasteiger partial charge in [-0.25, -0.2) is 0 Å². The van der Waals surface area contributed by atoms with Crippen LogP contribution in [-0.2, 0) is 9.47 Å². The third-order valence-electron chi connectivity index (χ3n) is 4.57. The summed E-state index contributed by atoms with van der Waals surface area (Å²) in [5, 5.41) is 48.2. The van der Waals surface area contributed by atoms with Gasteiger partial charge in [-0.3, -0.25) is 0 Å². The number of ether oxygens (including phenoxy) is 2. The molecular weight excluding hydrogens is 292 g/mol. The Kier molecular flexibility index (Phi) is 7.01. The van der Waals surface area contributed by atoms with Crippen molar-refractivity contribution in [1.82, 2.24) is 0 Å². The molecule has 2 aliphatic rings. The van der Waals surface area contributed by atoms with Gasteiger partial charge < -0.3 is 35.0 Å². The predicted molar refractivity (Wildman–Crippen MR) is 77.2 cm³/mol. The van der Waals surface area contributed by atoms with Crippen LogP contribution >= 0.6 is 0 Å². The second-order valence-corrected chi connectivity index (χ2v) is 6.37. The Balaban J connectivity index is 1.69. The summed E-state index contributed by atoms with van der Waals surface area (Å²) in [6, 6.07) is 0. The minimum absolute atomic E-state index is 0.0600. The van der Waals surface area contributed by atoms with E-state index in [9.17, 15) is 15.3 Å². The van der Waals surface area contributed by atoms with Crippen molar-refractivity contribution >= 4 is 0 Å². The lowest BCUT2D eigenvalue weighted by molar-refractivity contribution is -0.0809. The summed E-state index contributed by atoms with van der Waals surface area (Å²) < 4.78 is 11.0. The number of hydrogen-bond donors (Lipinski definition) is 5. The Hall–Kier alpha value is -0.280. The van der Waals surface area contributed by atoms with Crippen LogP contribution in [0.2, 0.25) is 0 Å². The van der Waals surface area contributed by atoms with Gasteiger partial charge >= 0.3 is 0 Å². The largest absolute Gasteiger partial charge is 0.394 e. The number of aliphatic hydroxyl groups excluding tert-OH is 5. The average Bonchev–Trinajstić information content (AvgIpc) is 3.16. The van der Waals surface area contributed by atoms with Crippen LogP contribution in [0.5, 0.6) is 0 Å². The lowest BCUT2D eigenvalue weighted by Crippen LogP contribution is -2.35. The Morgan fingerprint density at radius 3 is 1.45 bits per heavy atom. The molecule has 2 saturated heterocycles. The second-order valence-electron chi connectivity index (χ2n) is 6.37. The van der Waals surface area contributed by atoms with E-state index in [0.717, 1.165) is 0 Å². The first-order valence-corrected chi connectivity index (χ1v) is 8.10. The maximum absolute atomic E-state index is 10.1. The molecule has 2 fully saturated rings. The molecule has 7 heteroatoms. The highest BCUT2D eigenvalue weighted by atomic mass is 16.5. The number of aliphatic hydroxyl groups is 5. The Morgan fingerprint density at radius 2 is 1.14 bits per heavy atom. The molecule has 6 unspecified atom stereocenters. The van der Waals surface area contributed by atoms with E-state index in [1.165, 1.54) is 0 Å². The predicted octanol–water partition coefficient (Wildman–Crippen LogP) is -1.07. The highest BCUT2D eigenvalue weighted by Gasteiger charge is 2.34. The van der Waals surface area contributed by atoms with E-state index in [1.54, 1.807) is 0 Å². The number of rotatable bonds is 8. The Bertz CT molecular complexity index is 297. The first-order valence-electron chi connectivity index (χ1n) is 8.10. The summed E-state index contributed by atoms with van der Waals surface area (Å²) in [7, 11) is 0. The zero-order valence-electron chi connectivity index (χ0n) is 12.8. The van der Waals surface area contributed by atoms with Gasteiger partial charge in [-0.05, 0) is 25.7 Å². The molecule has 0 aromatic heterocycles. The second kappa shape index (κ2) is 8.54. The third kappa shape index (κ3) is 4.86. The zero-order valence-corrected chi connectivity index (χ0v) is 12.8. The number of hydrogen-bond acceptors (Lipinski definition) is 7. The monoisotopic (exact) mass is 320 g/mol. The normalized spacial score (nSPS) is 36.4. The molecule has 7 nitrogen and oxygen atoms in total. The van der Waals surface area contributed by atoms with E-state index in [0.29, 0.717) is 25.7 Å². The topological polar surface area (TPSA) is 120 Å². The van der Waals surface area contributed by atoms with Crippen LogP contribution in [-0.4, -0.2) is 81.5 Å². The van der Waals surface area contributed by atoms with E-state index in [4.69, 9.17) is 19.7 Å². The molecule has 5 N–H and O–H groups in total. The highest BCUT2D eigenvalue weighted by Crippen LogP contribution is 2.27. The fourth-order valence-corrected chi connectivity index (χ4v) is 3.26. The summed E-state index contributed by atoms with van der Waals surface area (Å²) in [5.74, 6) is 0. The fourth-order valence-electron chi connectivity index (χ4n) is 3.26. The summed E-state index contributed by atoms with van der Waals surface area (Å²) in [5.41, 5.74) is 0. The summed E-state index contributed by atoms with van der Waals surface area (Å²) >= 11 is 0. The van der Waals surface area contributed by atoms with Crippen LogP contribution in [0.3, 0.4) is 0 Å². The van der Waals surface area contributed by atoms with Crippen molar-refractivity contribution in [2.45, 2.75) is 81.3 Å². The summed E-state index contributed by atoms with van der Waals surface area (Å²) in [6.07, 6.45) is -0.709. The highest BCUT2D eigenvalue weighted by molar-refractivity contribution is 4.84. The smallest absolute Gasteiger partial charge is 0.0840 e. The molecule has 2 heterocycles. The molecule has 6 atom stereocenters. The molecule has 0 radical (unpaired) electrons. The third-order valence-corrected chi connectivity index (χ3v) is 4.57. The van der Waals surface area contributed by atoms with Gasteiger partial charge in [-0.15, -0.1) is 0 Å². The molecular formula is C15H28O7. The van der Waals surface area contributed by atoms with Crippen LogP contribution in [0.4, 0.5) is 0 Å². The van der Waals surface area contributed by atoms with E-state index >= 15 is 0 Å². The van der Waals surface area contributed by atoms with E-state index < -0.39 is 18.3 Å². The molecule has 0 aromatic carbocycles. The van der Waals surface area contributed by atoms with Gasteiger partial charge in [-0.1, -0.05) is 0 Å². The molecule has 130 valence electrons. The SMILES string of the molecule is OCC1CCC(C(O)CC(O)CC(O)C2CCC(CO)O2)O1. The minimum atomic E-state index is -0.849. The lowest BCUT2D eigenvalue weighted by Gasteiger charge is -2.25. The molecule has 2 rings (SSSR count). The first kappa shape index (κ1) is 18.1. The van der Waals surface area contributed by atoms with Gasteiger partial charge in [0.2, 0.25) is 0 Å². The van der Waals surface area contributed by atoms with Crippen molar-refractivity contribution in [2.24, 2.45) is 0 Å². The van der Waals surface area contributed by atoms with Gasteiger partial charge in [-0.2, -0.15) is 0 Å².